The molecule has 1 heterocycles. The van der Waals surface area contributed by atoms with E-state index in [2.05, 4.69) is 5.32 Å². The Morgan fingerprint density at radius 2 is 1.80 bits per heavy atom. The normalized spacial score (nSPS) is 14.3. The summed E-state index contributed by atoms with van der Waals surface area (Å²) in [6, 6.07) is 7.52. The van der Waals surface area contributed by atoms with Crippen molar-refractivity contribution in [2.45, 2.75) is 19.8 Å². The van der Waals surface area contributed by atoms with Gasteiger partial charge in [0.1, 0.15) is 13.2 Å². The van der Waals surface area contributed by atoms with Crippen LogP contribution in [0.5, 0.6) is 0 Å². The predicted octanol–water partition coefficient (Wildman–Crippen LogP) is 1.57. The summed E-state index contributed by atoms with van der Waals surface area (Å²) < 4.78 is 5.16. The number of nitrogens with zero attached hydrogens (tertiary/aromatic N) is 1. The van der Waals surface area contributed by atoms with Crippen LogP contribution < -0.4 is 5.32 Å². The Hall–Kier alpha value is -1.88. The molecule has 2 amide bonds. The molecular weight excluding hydrogens is 256 g/mol. The number of ether oxygens (including phenoxy) is 1. The van der Waals surface area contributed by atoms with E-state index < -0.39 is 0 Å². The van der Waals surface area contributed by atoms with E-state index in [4.69, 9.17) is 4.74 Å². The average molecular weight is 276 g/mol. The number of carbonyl (C=O) groups is 2. The maximum absolute atomic E-state index is 11.7. The van der Waals surface area contributed by atoms with Gasteiger partial charge in [0.2, 0.25) is 11.8 Å². The molecule has 0 aromatic heterocycles. The van der Waals surface area contributed by atoms with Gasteiger partial charge in [-0.1, -0.05) is 17.7 Å². The first-order chi connectivity index (χ1) is 9.65. The van der Waals surface area contributed by atoms with Crippen LogP contribution in [0, 0.1) is 6.92 Å². The van der Waals surface area contributed by atoms with Gasteiger partial charge >= 0.3 is 0 Å². The highest BCUT2D eigenvalue weighted by Crippen LogP contribution is 2.09. The Morgan fingerprint density at radius 1 is 1.15 bits per heavy atom. The number of hydrogen-bond donors (Lipinski definition) is 1. The van der Waals surface area contributed by atoms with Gasteiger partial charge in [0, 0.05) is 18.8 Å². The number of benzene rings is 1. The Balaban J connectivity index is 1.67. The minimum Gasteiger partial charge on any atom is -0.362 e. The van der Waals surface area contributed by atoms with E-state index in [9.17, 15) is 9.59 Å². The van der Waals surface area contributed by atoms with Gasteiger partial charge in [-0.25, -0.2) is 0 Å². The van der Waals surface area contributed by atoms with Crippen molar-refractivity contribution in [3.8, 4) is 0 Å². The average Bonchev–Trinajstić information content (AvgIpc) is 2.95. The second-order valence-electron chi connectivity index (χ2n) is 4.99. The number of anilines is 1. The van der Waals surface area contributed by atoms with Crippen LogP contribution in [0.15, 0.2) is 24.3 Å². The molecule has 1 aromatic rings. The van der Waals surface area contributed by atoms with Gasteiger partial charge in [0.25, 0.3) is 0 Å². The number of likely N-dealkylation sites (tertiary alicyclic amines) is 1. The molecule has 0 aliphatic carbocycles. The third kappa shape index (κ3) is 4.35. The molecule has 0 atom stereocenters. The second-order valence-corrected chi connectivity index (χ2v) is 4.99. The van der Waals surface area contributed by atoms with Crippen LogP contribution in [0.1, 0.15) is 18.4 Å². The van der Waals surface area contributed by atoms with Crippen molar-refractivity contribution in [1.82, 2.24) is 4.90 Å². The van der Waals surface area contributed by atoms with Crippen molar-refractivity contribution in [3.05, 3.63) is 29.8 Å². The molecule has 0 saturated carbocycles. The quantitative estimate of drug-likeness (QED) is 0.888. The van der Waals surface area contributed by atoms with E-state index in [0.29, 0.717) is 0 Å². The zero-order chi connectivity index (χ0) is 14.4. The van der Waals surface area contributed by atoms with E-state index in [1.165, 1.54) is 0 Å². The largest absolute Gasteiger partial charge is 0.362 e. The van der Waals surface area contributed by atoms with E-state index in [-0.39, 0.29) is 25.0 Å². The molecule has 1 saturated heterocycles. The summed E-state index contributed by atoms with van der Waals surface area (Å²) in [5, 5.41) is 2.72. The fourth-order valence-corrected chi connectivity index (χ4v) is 2.12. The zero-order valence-electron chi connectivity index (χ0n) is 11.7. The molecule has 0 spiro atoms. The number of rotatable bonds is 5. The van der Waals surface area contributed by atoms with Gasteiger partial charge in [0.15, 0.2) is 0 Å². The van der Waals surface area contributed by atoms with Gasteiger partial charge in [-0.2, -0.15) is 0 Å². The number of nitrogens with one attached hydrogen (secondary N) is 1. The minimum absolute atomic E-state index is 0.0265. The summed E-state index contributed by atoms with van der Waals surface area (Å²) in [4.78, 5) is 25.1. The van der Waals surface area contributed by atoms with Crippen LogP contribution >= 0.6 is 0 Å². The van der Waals surface area contributed by atoms with E-state index in [0.717, 1.165) is 37.2 Å². The monoisotopic (exact) mass is 276 g/mol. The van der Waals surface area contributed by atoms with Crippen molar-refractivity contribution < 1.29 is 14.3 Å². The lowest BCUT2D eigenvalue weighted by molar-refractivity contribution is -0.136. The van der Waals surface area contributed by atoms with Gasteiger partial charge in [-0.05, 0) is 31.9 Å². The summed E-state index contributed by atoms with van der Waals surface area (Å²) in [6.45, 7) is 3.46. The van der Waals surface area contributed by atoms with E-state index in [1.54, 1.807) is 4.90 Å². The molecule has 1 N–H and O–H groups in total. The zero-order valence-corrected chi connectivity index (χ0v) is 11.7. The smallest absolute Gasteiger partial charge is 0.250 e. The Kier molecular flexibility index (Phi) is 5.12. The van der Waals surface area contributed by atoms with E-state index >= 15 is 0 Å². The highest BCUT2D eigenvalue weighted by atomic mass is 16.5. The number of aryl methyl sites for hydroxylation is 1. The lowest BCUT2D eigenvalue weighted by Gasteiger charge is -2.14. The lowest BCUT2D eigenvalue weighted by atomic mass is 10.2. The SMILES string of the molecule is Cc1ccc(NC(=O)COCC(=O)N2CCCC2)cc1. The predicted molar refractivity (Wildman–Crippen MR) is 76.4 cm³/mol. The lowest BCUT2D eigenvalue weighted by Crippen LogP contribution is -2.32. The molecule has 5 nitrogen and oxygen atoms in total. The van der Waals surface area contributed by atoms with Crippen LogP contribution in [0.3, 0.4) is 0 Å². The maximum Gasteiger partial charge on any atom is 0.250 e. The van der Waals surface area contributed by atoms with Gasteiger partial charge in [0.05, 0.1) is 0 Å². The molecule has 1 fully saturated rings. The minimum atomic E-state index is -0.247. The standard InChI is InChI=1S/C15H20N2O3/c1-12-4-6-13(7-5-12)16-14(18)10-20-11-15(19)17-8-2-3-9-17/h4-7H,2-3,8-11H2,1H3,(H,16,18). The van der Waals surface area contributed by atoms with Crippen molar-refractivity contribution >= 4 is 17.5 Å². The summed E-state index contributed by atoms with van der Waals surface area (Å²) in [7, 11) is 0. The molecule has 2 rings (SSSR count). The molecule has 0 bridgehead atoms. The molecule has 1 aliphatic heterocycles. The van der Waals surface area contributed by atoms with Crippen LogP contribution in [0.4, 0.5) is 5.69 Å². The molecule has 20 heavy (non-hydrogen) atoms. The molecule has 0 radical (unpaired) electrons. The van der Waals surface area contributed by atoms with Crippen LogP contribution in [-0.2, 0) is 14.3 Å². The first-order valence-corrected chi connectivity index (χ1v) is 6.87. The van der Waals surface area contributed by atoms with Gasteiger partial charge in [-0.3, -0.25) is 9.59 Å². The Bertz CT molecular complexity index is 465. The number of amides is 2. The van der Waals surface area contributed by atoms with Gasteiger partial charge < -0.3 is 15.0 Å². The highest BCUT2D eigenvalue weighted by Gasteiger charge is 2.17. The summed E-state index contributed by atoms with van der Waals surface area (Å²) in [6.07, 6.45) is 2.11. The first-order valence-electron chi connectivity index (χ1n) is 6.87. The first kappa shape index (κ1) is 14.5. The Morgan fingerprint density at radius 3 is 2.45 bits per heavy atom. The highest BCUT2D eigenvalue weighted by molar-refractivity contribution is 5.91. The van der Waals surface area contributed by atoms with Crippen LogP contribution in [-0.4, -0.2) is 43.0 Å². The summed E-state index contributed by atoms with van der Waals surface area (Å²) in [5.74, 6) is -0.284. The molecule has 1 aliphatic rings. The van der Waals surface area contributed by atoms with E-state index in [1.807, 2.05) is 31.2 Å². The second kappa shape index (κ2) is 7.05. The number of hydrogen-bond acceptors (Lipinski definition) is 3. The van der Waals surface area contributed by atoms with Crippen molar-refractivity contribution in [2.24, 2.45) is 0 Å². The number of carbonyl (C=O) groups excluding carboxylic acids is 2. The molecule has 5 heteroatoms. The Labute approximate surface area is 118 Å². The molecule has 1 aromatic carbocycles. The third-order valence-corrected chi connectivity index (χ3v) is 3.25. The topological polar surface area (TPSA) is 58.6 Å². The maximum atomic E-state index is 11.7. The van der Waals surface area contributed by atoms with Crippen LogP contribution in [0.2, 0.25) is 0 Å². The summed E-state index contributed by atoms with van der Waals surface area (Å²) >= 11 is 0. The fourth-order valence-electron chi connectivity index (χ4n) is 2.12. The van der Waals surface area contributed by atoms with Gasteiger partial charge in [-0.15, -0.1) is 0 Å². The molecule has 0 unspecified atom stereocenters. The van der Waals surface area contributed by atoms with Crippen molar-refractivity contribution in [3.63, 3.8) is 0 Å². The summed E-state index contributed by atoms with van der Waals surface area (Å²) in [5.41, 5.74) is 1.87. The van der Waals surface area contributed by atoms with Crippen molar-refractivity contribution in [2.75, 3.05) is 31.6 Å². The third-order valence-electron chi connectivity index (χ3n) is 3.25. The fraction of sp³-hybridized carbons (Fsp3) is 0.467. The van der Waals surface area contributed by atoms with Crippen molar-refractivity contribution in [1.29, 1.82) is 0 Å². The molecular formula is C15H20N2O3. The van der Waals surface area contributed by atoms with Crippen LogP contribution in [0.25, 0.3) is 0 Å². The molecule has 108 valence electrons.